The van der Waals surface area contributed by atoms with Crippen molar-refractivity contribution in [3.63, 3.8) is 0 Å². The first-order chi connectivity index (χ1) is 9.68. The van der Waals surface area contributed by atoms with E-state index in [1.54, 1.807) is 0 Å². The third-order valence-corrected chi connectivity index (χ3v) is 5.21. The van der Waals surface area contributed by atoms with Gasteiger partial charge in [0.05, 0.1) is 9.79 Å². The Kier molecular flexibility index (Phi) is 3.93. The van der Waals surface area contributed by atoms with E-state index < -0.39 is 19.9 Å². The van der Waals surface area contributed by atoms with Gasteiger partial charge in [0.15, 0.2) is 9.84 Å². The number of phenolic OH excluding ortho intramolecular Hbond substituents is 1. The average molecular weight is 327 g/mol. The number of hydrogen-bond acceptors (Lipinski definition) is 5. The van der Waals surface area contributed by atoms with Crippen LogP contribution in [0.15, 0.2) is 58.3 Å². The van der Waals surface area contributed by atoms with Crippen LogP contribution in [0.4, 0.5) is 5.69 Å². The molecule has 0 aliphatic rings. The van der Waals surface area contributed by atoms with Gasteiger partial charge >= 0.3 is 0 Å². The van der Waals surface area contributed by atoms with Crippen molar-refractivity contribution < 1.29 is 21.9 Å². The fourth-order valence-corrected chi connectivity index (χ4v) is 3.30. The molecule has 2 N–H and O–H groups in total. The third-order valence-electron chi connectivity index (χ3n) is 2.68. The van der Waals surface area contributed by atoms with Crippen LogP contribution in [0.5, 0.6) is 5.75 Å². The molecule has 21 heavy (non-hydrogen) atoms. The summed E-state index contributed by atoms with van der Waals surface area (Å²) in [6.07, 6.45) is 1.07. The minimum atomic E-state index is -3.79. The van der Waals surface area contributed by atoms with Crippen molar-refractivity contribution in [2.75, 3.05) is 11.0 Å². The molecule has 6 nitrogen and oxygen atoms in total. The Hall–Kier alpha value is -2.06. The van der Waals surface area contributed by atoms with Crippen molar-refractivity contribution in [2.45, 2.75) is 9.79 Å². The lowest BCUT2D eigenvalue weighted by Crippen LogP contribution is -2.12. The molecule has 0 saturated heterocycles. The SMILES string of the molecule is CS(=O)(=O)c1ccc(NS(=O)(=O)c2ccc(O)cc2)cc1. The van der Waals surface area contributed by atoms with E-state index in [0.29, 0.717) is 0 Å². The summed E-state index contributed by atoms with van der Waals surface area (Å²) in [5, 5.41) is 9.15. The predicted octanol–water partition coefficient (Wildman–Crippen LogP) is 1.60. The van der Waals surface area contributed by atoms with Crippen LogP contribution in [-0.2, 0) is 19.9 Å². The summed E-state index contributed by atoms with van der Waals surface area (Å²) in [4.78, 5) is 0.0996. The van der Waals surface area contributed by atoms with Crippen LogP contribution in [0, 0.1) is 0 Å². The topological polar surface area (TPSA) is 101 Å². The number of rotatable bonds is 4. The summed E-state index contributed by atoms with van der Waals surface area (Å²) in [5.41, 5.74) is 0.246. The average Bonchev–Trinajstić information content (AvgIpc) is 2.38. The monoisotopic (exact) mass is 327 g/mol. The van der Waals surface area contributed by atoms with E-state index in [9.17, 15) is 16.8 Å². The quantitative estimate of drug-likeness (QED) is 0.888. The lowest BCUT2D eigenvalue weighted by Gasteiger charge is -2.08. The lowest BCUT2D eigenvalue weighted by atomic mass is 10.3. The van der Waals surface area contributed by atoms with E-state index in [1.165, 1.54) is 48.5 Å². The molecule has 0 radical (unpaired) electrons. The first-order valence-corrected chi connectivity index (χ1v) is 9.18. The normalized spacial score (nSPS) is 12.0. The summed E-state index contributed by atoms with van der Waals surface area (Å²) >= 11 is 0. The number of aromatic hydroxyl groups is 1. The van der Waals surface area contributed by atoms with Gasteiger partial charge in [-0.1, -0.05) is 0 Å². The van der Waals surface area contributed by atoms with E-state index in [4.69, 9.17) is 5.11 Å². The summed E-state index contributed by atoms with van der Waals surface area (Å²) in [7, 11) is -7.11. The van der Waals surface area contributed by atoms with E-state index in [2.05, 4.69) is 4.72 Å². The molecule has 0 aromatic heterocycles. The Balaban J connectivity index is 2.27. The van der Waals surface area contributed by atoms with Gasteiger partial charge in [0.1, 0.15) is 5.75 Å². The number of phenols is 1. The summed E-state index contributed by atoms with van der Waals surface area (Å²) in [6.45, 7) is 0. The number of benzene rings is 2. The highest BCUT2D eigenvalue weighted by Gasteiger charge is 2.14. The number of nitrogens with one attached hydrogen (secondary N) is 1. The van der Waals surface area contributed by atoms with Gasteiger partial charge in [-0.15, -0.1) is 0 Å². The van der Waals surface area contributed by atoms with Crippen molar-refractivity contribution in [3.8, 4) is 5.75 Å². The Morgan fingerprint density at radius 2 is 1.29 bits per heavy atom. The van der Waals surface area contributed by atoms with Gasteiger partial charge in [0.25, 0.3) is 10.0 Å². The fraction of sp³-hybridized carbons (Fsp3) is 0.0769. The molecule has 0 aliphatic carbocycles. The van der Waals surface area contributed by atoms with Crippen molar-refractivity contribution in [3.05, 3.63) is 48.5 Å². The Labute approximate surface area is 123 Å². The molecule has 8 heteroatoms. The summed E-state index contributed by atoms with van der Waals surface area (Å²) < 4.78 is 49.1. The fourth-order valence-electron chi connectivity index (χ4n) is 1.61. The molecule has 0 saturated carbocycles. The second-order valence-corrected chi connectivity index (χ2v) is 8.09. The van der Waals surface area contributed by atoms with E-state index >= 15 is 0 Å². The van der Waals surface area contributed by atoms with Crippen LogP contribution < -0.4 is 4.72 Å². The largest absolute Gasteiger partial charge is 0.508 e. The molecule has 2 rings (SSSR count). The van der Waals surface area contributed by atoms with Gasteiger partial charge in [-0.2, -0.15) is 0 Å². The van der Waals surface area contributed by atoms with Crippen molar-refractivity contribution in [1.29, 1.82) is 0 Å². The minimum absolute atomic E-state index is 0.00695. The second-order valence-electron chi connectivity index (χ2n) is 4.40. The highest BCUT2D eigenvalue weighted by Crippen LogP contribution is 2.20. The van der Waals surface area contributed by atoms with Crippen LogP contribution in [0.2, 0.25) is 0 Å². The van der Waals surface area contributed by atoms with E-state index in [1.807, 2.05) is 0 Å². The Morgan fingerprint density at radius 1 is 0.810 bits per heavy atom. The minimum Gasteiger partial charge on any atom is -0.508 e. The molecular weight excluding hydrogens is 314 g/mol. The van der Waals surface area contributed by atoms with Crippen LogP contribution in [0.3, 0.4) is 0 Å². The van der Waals surface area contributed by atoms with Gasteiger partial charge in [-0.3, -0.25) is 4.72 Å². The zero-order valence-electron chi connectivity index (χ0n) is 11.0. The molecule has 0 amide bonds. The zero-order valence-corrected chi connectivity index (χ0v) is 12.6. The smallest absolute Gasteiger partial charge is 0.261 e. The van der Waals surface area contributed by atoms with E-state index in [0.717, 1.165) is 6.26 Å². The number of sulfonamides is 1. The van der Waals surface area contributed by atoms with Crippen LogP contribution in [-0.4, -0.2) is 28.2 Å². The molecule has 112 valence electrons. The van der Waals surface area contributed by atoms with Gasteiger partial charge in [-0.05, 0) is 48.5 Å². The molecule has 2 aromatic rings. The maximum absolute atomic E-state index is 12.1. The lowest BCUT2D eigenvalue weighted by molar-refractivity contribution is 0.475. The molecule has 0 heterocycles. The van der Waals surface area contributed by atoms with Crippen LogP contribution in [0.1, 0.15) is 0 Å². The first-order valence-electron chi connectivity index (χ1n) is 5.80. The summed E-state index contributed by atoms with van der Waals surface area (Å²) in [5.74, 6) is -0.0357. The summed E-state index contributed by atoms with van der Waals surface area (Å²) in [6, 6.07) is 10.4. The van der Waals surface area contributed by atoms with Crippen molar-refractivity contribution in [1.82, 2.24) is 0 Å². The molecule has 0 aliphatic heterocycles. The molecule has 0 atom stereocenters. The van der Waals surface area contributed by atoms with Crippen molar-refractivity contribution in [2.24, 2.45) is 0 Å². The highest BCUT2D eigenvalue weighted by molar-refractivity contribution is 7.92. The van der Waals surface area contributed by atoms with Gasteiger partial charge in [0, 0.05) is 11.9 Å². The maximum atomic E-state index is 12.1. The van der Waals surface area contributed by atoms with Gasteiger partial charge in [0.2, 0.25) is 0 Å². The Morgan fingerprint density at radius 3 is 1.76 bits per heavy atom. The van der Waals surface area contributed by atoms with Crippen LogP contribution in [0.25, 0.3) is 0 Å². The first kappa shape index (κ1) is 15.3. The second kappa shape index (κ2) is 5.38. The molecule has 0 bridgehead atoms. The molecular formula is C13H13NO5S2. The zero-order chi connectivity index (χ0) is 15.7. The van der Waals surface area contributed by atoms with Crippen LogP contribution >= 0.6 is 0 Å². The maximum Gasteiger partial charge on any atom is 0.261 e. The standard InChI is InChI=1S/C13H13NO5S2/c1-20(16,17)12-6-2-10(3-7-12)14-21(18,19)13-8-4-11(15)5-9-13/h2-9,14-15H,1H3. The number of hydrogen-bond donors (Lipinski definition) is 2. The molecule has 2 aromatic carbocycles. The predicted molar refractivity (Wildman–Crippen MR) is 78.5 cm³/mol. The van der Waals surface area contributed by atoms with Gasteiger partial charge in [-0.25, -0.2) is 16.8 Å². The number of anilines is 1. The molecule has 0 fully saturated rings. The van der Waals surface area contributed by atoms with Gasteiger partial charge < -0.3 is 5.11 Å². The third kappa shape index (κ3) is 3.73. The number of sulfone groups is 1. The van der Waals surface area contributed by atoms with E-state index in [-0.39, 0.29) is 21.2 Å². The Bertz CT molecular complexity index is 838. The highest BCUT2D eigenvalue weighted by atomic mass is 32.2. The van der Waals surface area contributed by atoms with Crippen molar-refractivity contribution >= 4 is 25.5 Å². The molecule has 0 unspecified atom stereocenters. The molecule has 0 spiro atoms.